The van der Waals surface area contributed by atoms with Crippen molar-refractivity contribution in [3.05, 3.63) is 76.8 Å². The molecule has 0 fully saturated rings. The summed E-state index contributed by atoms with van der Waals surface area (Å²) in [6.07, 6.45) is 0.471. The number of fused-ring (bicyclic) bond motifs is 1. The molecule has 0 saturated carbocycles. The van der Waals surface area contributed by atoms with Crippen LogP contribution in [0.15, 0.2) is 53.1 Å². The number of ether oxygens (including phenoxy) is 1. The van der Waals surface area contributed by atoms with Gasteiger partial charge < -0.3 is 14.1 Å². The van der Waals surface area contributed by atoms with Crippen LogP contribution in [0.3, 0.4) is 0 Å². The van der Waals surface area contributed by atoms with Gasteiger partial charge in [-0.1, -0.05) is 18.2 Å². The summed E-state index contributed by atoms with van der Waals surface area (Å²) in [6, 6.07) is 12.3. The van der Waals surface area contributed by atoms with E-state index in [9.17, 15) is 14.4 Å². The third-order valence-corrected chi connectivity index (χ3v) is 5.40. The predicted octanol–water partition coefficient (Wildman–Crippen LogP) is 5.07. The maximum absolute atomic E-state index is 13.1. The number of hydrogen-bond acceptors (Lipinski definition) is 6. The third-order valence-electron chi connectivity index (χ3n) is 5.40. The lowest BCUT2D eigenvalue weighted by Gasteiger charge is -2.14. The van der Waals surface area contributed by atoms with Gasteiger partial charge in [-0.3, -0.25) is 9.59 Å². The fourth-order valence-corrected chi connectivity index (χ4v) is 3.90. The minimum absolute atomic E-state index is 0.131. The topological polar surface area (TPSA) is 102 Å². The van der Waals surface area contributed by atoms with Crippen LogP contribution in [-0.4, -0.2) is 33.6 Å². The van der Waals surface area contributed by atoms with Crippen LogP contribution in [0.5, 0.6) is 0 Å². The van der Waals surface area contributed by atoms with Crippen LogP contribution >= 0.6 is 0 Å². The molecule has 7 heteroatoms. The van der Waals surface area contributed by atoms with E-state index in [1.165, 1.54) is 20.1 Å². The number of benzene rings is 1. The molecule has 32 heavy (non-hydrogen) atoms. The number of aromatic amines is 1. The van der Waals surface area contributed by atoms with Crippen molar-refractivity contribution in [2.75, 3.05) is 0 Å². The predicted molar refractivity (Wildman–Crippen MR) is 119 cm³/mol. The van der Waals surface area contributed by atoms with Crippen molar-refractivity contribution >= 4 is 28.4 Å². The average Bonchev–Trinajstić information content (AvgIpc) is 3.40. The Labute approximate surface area is 184 Å². The highest BCUT2D eigenvalue weighted by Gasteiger charge is 2.27. The highest BCUT2D eigenvalue weighted by Crippen LogP contribution is 2.26. The number of hydrogen-bond donors (Lipinski definition) is 1. The number of aromatic nitrogens is 2. The first-order valence-corrected chi connectivity index (χ1v) is 10.2. The maximum atomic E-state index is 13.1. The summed E-state index contributed by atoms with van der Waals surface area (Å²) in [5.74, 6) is -0.669. The Kier molecular flexibility index (Phi) is 5.48. The number of rotatable bonds is 6. The summed E-state index contributed by atoms with van der Waals surface area (Å²) >= 11 is 0. The molecule has 1 atom stereocenters. The van der Waals surface area contributed by atoms with E-state index in [1.54, 1.807) is 50.2 Å². The monoisotopic (exact) mass is 430 g/mol. The van der Waals surface area contributed by atoms with Crippen LogP contribution in [-0.2, 0) is 4.74 Å². The Morgan fingerprint density at radius 1 is 1.09 bits per heavy atom. The second kappa shape index (κ2) is 8.26. The molecule has 0 aliphatic heterocycles. The Bertz CT molecular complexity index is 1350. The molecule has 0 aliphatic carbocycles. The van der Waals surface area contributed by atoms with E-state index in [2.05, 4.69) is 9.97 Å². The van der Waals surface area contributed by atoms with Crippen molar-refractivity contribution in [2.24, 2.45) is 0 Å². The van der Waals surface area contributed by atoms with Gasteiger partial charge in [-0.2, -0.15) is 0 Å². The molecule has 7 nitrogen and oxygen atoms in total. The number of carbonyl (C=O) groups is 3. The molecule has 3 heterocycles. The van der Waals surface area contributed by atoms with Crippen molar-refractivity contribution in [1.82, 2.24) is 9.97 Å². The fourth-order valence-electron chi connectivity index (χ4n) is 3.90. The lowest BCUT2D eigenvalue weighted by molar-refractivity contribution is 0.0319. The van der Waals surface area contributed by atoms with Gasteiger partial charge in [0, 0.05) is 16.6 Å². The van der Waals surface area contributed by atoms with E-state index < -0.39 is 17.9 Å². The second-order valence-corrected chi connectivity index (χ2v) is 7.64. The van der Waals surface area contributed by atoms with Gasteiger partial charge >= 0.3 is 5.97 Å². The Hall–Kier alpha value is -4.00. The smallest absolute Gasteiger partial charge is 0.339 e. The lowest BCUT2D eigenvalue weighted by atomic mass is 10.0. The molecule has 0 radical (unpaired) electrons. The van der Waals surface area contributed by atoms with Crippen molar-refractivity contribution in [2.45, 2.75) is 33.8 Å². The minimum atomic E-state index is -1.06. The number of nitrogens with one attached hydrogen (secondary N) is 1. The SMILES string of the molecule is CC(=O)c1c(C)[nH]c(C(=O)C(C)OC(=O)c2cc(-c3ccco3)nc3ccccc23)c1C. The van der Waals surface area contributed by atoms with Crippen LogP contribution in [0.2, 0.25) is 0 Å². The number of carbonyl (C=O) groups excluding carboxylic acids is 3. The Morgan fingerprint density at radius 3 is 2.50 bits per heavy atom. The van der Waals surface area contributed by atoms with Crippen molar-refractivity contribution in [3.8, 4) is 11.5 Å². The molecule has 0 aliphatic rings. The molecule has 4 rings (SSSR count). The summed E-state index contributed by atoms with van der Waals surface area (Å²) in [5.41, 5.74) is 3.29. The highest BCUT2D eigenvalue weighted by molar-refractivity contribution is 6.08. The van der Waals surface area contributed by atoms with Crippen LogP contribution in [0.25, 0.3) is 22.4 Å². The zero-order chi connectivity index (χ0) is 23.0. The molecule has 0 saturated heterocycles. The van der Waals surface area contributed by atoms with Crippen molar-refractivity contribution < 1.29 is 23.5 Å². The van der Waals surface area contributed by atoms with Crippen LogP contribution in [0.1, 0.15) is 56.3 Å². The van der Waals surface area contributed by atoms with Gasteiger partial charge in [0.2, 0.25) is 5.78 Å². The first-order valence-electron chi connectivity index (χ1n) is 10.2. The maximum Gasteiger partial charge on any atom is 0.339 e. The van der Waals surface area contributed by atoms with E-state index >= 15 is 0 Å². The highest BCUT2D eigenvalue weighted by atomic mass is 16.5. The standard InChI is InChI=1S/C25H22N2O5/c1-13-22(15(3)28)14(2)26-23(13)24(29)16(4)32-25(30)18-12-20(21-10-7-11-31-21)27-19-9-6-5-8-17(18)19/h5-12,16,26H,1-4H3. The van der Waals surface area contributed by atoms with Gasteiger partial charge in [0.1, 0.15) is 5.69 Å². The van der Waals surface area contributed by atoms with Crippen molar-refractivity contribution in [3.63, 3.8) is 0 Å². The van der Waals surface area contributed by atoms with E-state index in [0.29, 0.717) is 39.2 Å². The third kappa shape index (κ3) is 3.73. The molecule has 4 aromatic rings. The molecule has 3 aromatic heterocycles. The summed E-state index contributed by atoms with van der Waals surface area (Å²) < 4.78 is 11.0. The van der Waals surface area contributed by atoms with Gasteiger partial charge in [0.25, 0.3) is 0 Å². The van der Waals surface area contributed by atoms with Gasteiger partial charge in [0.05, 0.1) is 23.0 Å². The first-order chi connectivity index (χ1) is 15.3. The number of nitrogens with zero attached hydrogens (tertiary/aromatic N) is 1. The van der Waals surface area contributed by atoms with E-state index in [-0.39, 0.29) is 17.0 Å². The fraction of sp³-hybridized carbons (Fsp3) is 0.200. The van der Waals surface area contributed by atoms with Gasteiger partial charge in [0.15, 0.2) is 17.6 Å². The number of pyridine rings is 1. The number of aryl methyl sites for hydroxylation is 1. The Balaban J connectivity index is 1.66. The zero-order valence-corrected chi connectivity index (χ0v) is 18.2. The molecule has 162 valence electrons. The quantitative estimate of drug-likeness (QED) is 0.338. The molecule has 0 spiro atoms. The average molecular weight is 430 g/mol. The molecule has 0 bridgehead atoms. The lowest BCUT2D eigenvalue weighted by Crippen LogP contribution is -2.25. The molecule has 0 amide bonds. The molecule has 1 N–H and O–H groups in total. The number of esters is 1. The van der Waals surface area contributed by atoms with Crippen LogP contribution in [0, 0.1) is 13.8 Å². The van der Waals surface area contributed by atoms with Crippen LogP contribution < -0.4 is 0 Å². The number of H-pyrrole nitrogens is 1. The van der Waals surface area contributed by atoms with E-state index in [0.717, 1.165) is 0 Å². The van der Waals surface area contributed by atoms with E-state index in [4.69, 9.17) is 9.15 Å². The molecule has 1 aromatic carbocycles. The minimum Gasteiger partial charge on any atom is -0.463 e. The number of para-hydroxylation sites is 1. The zero-order valence-electron chi connectivity index (χ0n) is 18.2. The van der Waals surface area contributed by atoms with Gasteiger partial charge in [-0.05, 0) is 57.5 Å². The normalized spacial score (nSPS) is 12.0. The second-order valence-electron chi connectivity index (χ2n) is 7.64. The summed E-state index contributed by atoms with van der Waals surface area (Å²) in [7, 11) is 0. The van der Waals surface area contributed by atoms with Gasteiger partial charge in [-0.25, -0.2) is 9.78 Å². The Morgan fingerprint density at radius 2 is 1.84 bits per heavy atom. The molecular formula is C25H22N2O5. The largest absolute Gasteiger partial charge is 0.463 e. The van der Waals surface area contributed by atoms with Crippen LogP contribution in [0.4, 0.5) is 0 Å². The van der Waals surface area contributed by atoms with Crippen molar-refractivity contribution in [1.29, 1.82) is 0 Å². The number of furan rings is 1. The molecule has 1 unspecified atom stereocenters. The summed E-state index contributed by atoms with van der Waals surface area (Å²) in [4.78, 5) is 45.5. The summed E-state index contributed by atoms with van der Waals surface area (Å²) in [5, 5.41) is 0.609. The van der Waals surface area contributed by atoms with Gasteiger partial charge in [-0.15, -0.1) is 0 Å². The number of Topliss-reactive ketones (excluding diaryl/α,β-unsaturated/α-hetero) is 2. The first kappa shape index (κ1) is 21.2. The number of ketones is 2. The van der Waals surface area contributed by atoms with E-state index in [1.807, 2.05) is 6.07 Å². The molecular weight excluding hydrogens is 408 g/mol. The summed E-state index contributed by atoms with van der Waals surface area (Å²) in [6.45, 7) is 6.40.